The number of hydrogen-bond acceptors (Lipinski definition) is 1. The highest BCUT2D eigenvalue weighted by molar-refractivity contribution is 5.84. The second kappa shape index (κ2) is 6.16. The third-order valence-electron chi connectivity index (χ3n) is 3.75. The fourth-order valence-electron chi connectivity index (χ4n) is 2.60. The quantitative estimate of drug-likeness (QED) is 0.597. The first-order chi connectivity index (χ1) is 11.1. The Balaban J connectivity index is 1.98. The van der Waals surface area contributed by atoms with Gasteiger partial charge in [-0.15, -0.1) is 0 Å². The normalized spacial score (nSPS) is 11.3. The van der Waals surface area contributed by atoms with Crippen molar-refractivity contribution in [3.8, 4) is 5.69 Å². The van der Waals surface area contributed by atoms with Crippen LogP contribution in [0.5, 0.6) is 0 Å². The van der Waals surface area contributed by atoms with Crippen molar-refractivity contribution in [1.82, 2.24) is 4.57 Å². The molecule has 0 N–H and O–H groups in total. The SMILES string of the molecule is Cc1cc(C=Nc2ccccc2F)c(C)n1-c1ccc(F)cc1. The molecule has 3 rings (SSSR count). The van der Waals surface area contributed by atoms with Gasteiger partial charge in [-0.05, 0) is 56.3 Å². The maximum Gasteiger partial charge on any atom is 0.148 e. The minimum Gasteiger partial charge on any atom is -0.318 e. The number of para-hydroxylation sites is 1. The zero-order chi connectivity index (χ0) is 16.4. The van der Waals surface area contributed by atoms with E-state index in [4.69, 9.17) is 0 Å². The summed E-state index contributed by atoms with van der Waals surface area (Å²) in [6.07, 6.45) is 1.65. The Labute approximate surface area is 133 Å². The van der Waals surface area contributed by atoms with Gasteiger partial charge in [0.05, 0.1) is 5.69 Å². The molecule has 0 aliphatic heterocycles. The van der Waals surface area contributed by atoms with Crippen LogP contribution in [0.15, 0.2) is 59.6 Å². The Kier molecular flexibility index (Phi) is 4.06. The number of hydrogen-bond donors (Lipinski definition) is 0. The van der Waals surface area contributed by atoms with Gasteiger partial charge in [0.2, 0.25) is 0 Å². The molecule has 4 heteroatoms. The highest BCUT2D eigenvalue weighted by Gasteiger charge is 2.09. The molecule has 0 fully saturated rings. The van der Waals surface area contributed by atoms with E-state index >= 15 is 0 Å². The highest BCUT2D eigenvalue weighted by Crippen LogP contribution is 2.21. The lowest BCUT2D eigenvalue weighted by atomic mass is 10.2. The largest absolute Gasteiger partial charge is 0.318 e. The zero-order valence-corrected chi connectivity index (χ0v) is 12.9. The lowest BCUT2D eigenvalue weighted by Crippen LogP contribution is -1.99. The summed E-state index contributed by atoms with van der Waals surface area (Å²) in [6.45, 7) is 3.93. The van der Waals surface area contributed by atoms with Crippen LogP contribution in [-0.4, -0.2) is 10.8 Å². The van der Waals surface area contributed by atoms with Crippen molar-refractivity contribution in [2.45, 2.75) is 13.8 Å². The van der Waals surface area contributed by atoms with E-state index < -0.39 is 0 Å². The monoisotopic (exact) mass is 310 g/mol. The van der Waals surface area contributed by atoms with Gasteiger partial charge in [-0.1, -0.05) is 12.1 Å². The van der Waals surface area contributed by atoms with Crippen LogP contribution in [-0.2, 0) is 0 Å². The van der Waals surface area contributed by atoms with Crippen molar-refractivity contribution in [3.05, 3.63) is 83.2 Å². The van der Waals surface area contributed by atoms with Crippen LogP contribution in [0.2, 0.25) is 0 Å². The van der Waals surface area contributed by atoms with Crippen molar-refractivity contribution in [3.63, 3.8) is 0 Å². The first kappa shape index (κ1) is 15.2. The molecule has 0 aliphatic rings. The van der Waals surface area contributed by atoms with E-state index in [0.717, 1.165) is 22.6 Å². The Morgan fingerprint density at radius 1 is 0.957 bits per heavy atom. The molecule has 0 amide bonds. The predicted molar refractivity (Wildman–Crippen MR) is 88.9 cm³/mol. The van der Waals surface area contributed by atoms with Gasteiger partial charge in [0.1, 0.15) is 11.6 Å². The summed E-state index contributed by atoms with van der Waals surface area (Å²) in [4.78, 5) is 4.23. The van der Waals surface area contributed by atoms with Crippen molar-refractivity contribution in [2.75, 3.05) is 0 Å². The van der Waals surface area contributed by atoms with Gasteiger partial charge >= 0.3 is 0 Å². The van der Waals surface area contributed by atoms with E-state index in [9.17, 15) is 8.78 Å². The molecule has 0 saturated carbocycles. The van der Waals surface area contributed by atoms with Crippen LogP contribution in [0.25, 0.3) is 5.69 Å². The summed E-state index contributed by atoms with van der Waals surface area (Å²) in [5.41, 5.74) is 4.05. The summed E-state index contributed by atoms with van der Waals surface area (Å²) in [5, 5.41) is 0. The second-order valence-electron chi connectivity index (χ2n) is 5.35. The predicted octanol–water partition coefficient (Wildman–Crippen LogP) is 5.12. The third kappa shape index (κ3) is 3.06. The molecule has 0 spiro atoms. The van der Waals surface area contributed by atoms with Gasteiger partial charge < -0.3 is 4.57 Å². The zero-order valence-electron chi connectivity index (χ0n) is 12.9. The molecule has 3 aromatic rings. The van der Waals surface area contributed by atoms with E-state index in [0.29, 0.717) is 5.69 Å². The molecule has 116 valence electrons. The number of benzene rings is 2. The molecule has 1 aromatic heterocycles. The van der Waals surface area contributed by atoms with Crippen LogP contribution in [0.4, 0.5) is 14.5 Å². The van der Waals surface area contributed by atoms with Gasteiger partial charge in [-0.2, -0.15) is 0 Å². The number of rotatable bonds is 3. The van der Waals surface area contributed by atoms with Crippen molar-refractivity contribution >= 4 is 11.9 Å². The molecular formula is C19H16F2N2. The van der Waals surface area contributed by atoms with E-state index in [2.05, 4.69) is 4.99 Å². The fraction of sp³-hybridized carbons (Fsp3) is 0.105. The Morgan fingerprint density at radius 3 is 2.35 bits per heavy atom. The van der Waals surface area contributed by atoms with Crippen LogP contribution in [0.3, 0.4) is 0 Å². The van der Waals surface area contributed by atoms with Gasteiger partial charge in [0.25, 0.3) is 0 Å². The number of halogens is 2. The van der Waals surface area contributed by atoms with Gasteiger partial charge in [-0.3, -0.25) is 4.99 Å². The number of aromatic nitrogens is 1. The molecular weight excluding hydrogens is 294 g/mol. The number of aryl methyl sites for hydroxylation is 1. The minimum absolute atomic E-state index is 0.266. The molecule has 0 aliphatic carbocycles. The van der Waals surface area contributed by atoms with Crippen molar-refractivity contribution in [1.29, 1.82) is 0 Å². The van der Waals surface area contributed by atoms with Crippen LogP contribution in [0.1, 0.15) is 17.0 Å². The lowest BCUT2D eigenvalue weighted by Gasteiger charge is -2.09. The first-order valence-electron chi connectivity index (χ1n) is 7.30. The summed E-state index contributed by atoms with van der Waals surface area (Å²) in [5.74, 6) is -0.617. The van der Waals surface area contributed by atoms with E-state index in [-0.39, 0.29) is 11.6 Å². The van der Waals surface area contributed by atoms with E-state index in [1.54, 1.807) is 36.5 Å². The molecule has 23 heavy (non-hydrogen) atoms. The van der Waals surface area contributed by atoms with Gasteiger partial charge in [-0.25, -0.2) is 8.78 Å². The van der Waals surface area contributed by atoms with E-state index in [1.807, 2.05) is 24.5 Å². The second-order valence-corrected chi connectivity index (χ2v) is 5.35. The molecule has 1 heterocycles. The molecule has 2 aromatic carbocycles. The van der Waals surface area contributed by atoms with Crippen LogP contribution in [0, 0.1) is 25.5 Å². The average Bonchev–Trinajstić information content (AvgIpc) is 2.82. The fourth-order valence-corrected chi connectivity index (χ4v) is 2.60. The minimum atomic E-state index is -0.351. The number of nitrogens with zero attached hydrogens (tertiary/aromatic N) is 2. The first-order valence-corrected chi connectivity index (χ1v) is 7.30. The molecule has 0 saturated heterocycles. The maximum atomic E-state index is 13.6. The smallest absolute Gasteiger partial charge is 0.148 e. The lowest BCUT2D eigenvalue weighted by molar-refractivity contribution is 0.627. The van der Waals surface area contributed by atoms with Crippen LogP contribution < -0.4 is 0 Å². The topological polar surface area (TPSA) is 17.3 Å². The summed E-state index contributed by atoms with van der Waals surface area (Å²) < 4.78 is 28.7. The average molecular weight is 310 g/mol. The molecule has 0 unspecified atom stereocenters. The van der Waals surface area contributed by atoms with Gasteiger partial charge in [0, 0.05) is 28.9 Å². The maximum absolute atomic E-state index is 13.6. The van der Waals surface area contributed by atoms with Gasteiger partial charge in [0.15, 0.2) is 0 Å². The summed E-state index contributed by atoms with van der Waals surface area (Å²) in [6, 6.07) is 14.7. The summed E-state index contributed by atoms with van der Waals surface area (Å²) in [7, 11) is 0. The Hall–Kier alpha value is -2.75. The number of aliphatic imine (C=N–C) groups is 1. The summed E-state index contributed by atoms with van der Waals surface area (Å²) >= 11 is 0. The van der Waals surface area contributed by atoms with Crippen LogP contribution >= 0.6 is 0 Å². The molecule has 0 radical (unpaired) electrons. The standard InChI is InChI=1S/C19H16F2N2/c1-13-11-15(12-22-19-6-4-3-5-18(19)21)14(2)23(13)17-9-7-16(20)8-10-17/h3-12H,1-2H3. The Bertz CT molecular complexity index is 862. The molecule has 0 bridgehead atoms. The van der Waals surface area contributed by atoms with E-state index in [1.165, 1.54) is 18.2 Å². The van der Waals surface area contributed by atoms with Crippen molar-refractivity contribution in [2.24, 2.45) is 4.99 Å². The highest BCUT2D eigenvalue weighted by atomic mass is 19.1. The molecule has 0 atom stereocenters. The van der Waals surface area contributed by atoms with Crippen molar-refractivity contribution < 1.29 is 8.78 Å². The molecule has 2 nitrogen and oxygen atoms in total. The third-order valence-corrected chi connectivity index (χ3v) is 3.75. The Morgan fingerprint density at radius 2 is 1.65 bits per heavy atom.